The summed E-state index contributed by atoms with van der Waals surface area (Å²) in [6, 6.07) is 4.91. The Morgan fingerprint density at radius 1 is 1.39 bits per heavy atom. The Labute approximate surface area is 112 Å². The third-order valence-corrected chi connectivity index (χ3v) is 3.07. The molecule has 1 aromatic rings. The van der Waals surface area contributed by atoms with Gasteiger partial charge in [-0.1, -0.05) is 15.9 Å². The minimum absolute atomic E-state index is 0.0820. The van der Waals surface area contributed by atoms with Gasteiger partial charge in [0.2, 0.25) is 0 Å². The van der Waals surface area contributed by atoms with Crippen molar-refractivity contribution in [1.29, 1.82) is 0 Å². The number of Topliss-reactive ketones (excluding diaryl/α,β-unsaturated/α-hetero) is 2. The van der Waals surface area contributed by atoms with Crippen LogP contribution in [0, 0.1) is 0 Å². The normalized spacial score (nSPS) is 14.0. The molecule has 0 saturated carbocycles. The highest BCUT2D eigenvalue weighted by Gasteiger charge is 2.36. The monoisotopic (exact) mass is 311 g/mol. The molecule has 0 aromatic heterocycles. The summed E-state index contributed by atoms with van der Waals surface area (Å²) in [6.45, 7) is -0.233. The Morgan fingerprint density at radius 2 is 2.11 bits per heavy atom. The predicted octanol–water partition coefficient (Wildman–Crippen LogP) is 1.19. The van der Waals surface area contributed by atoms with Gasteiger partial charge in [0.05, 0.1) is 17.8 Å². The molecule has 1 aliphatic heterocycles. The van der Waals surface area contributed by atoms with Gasteiger partial charge in [-0.05, 0) is 18.2 Å². The molecule has 1 amide bonds. The zero-order chi connectivity index (χ0) is 13.3. The molecular formula is C12H10BrNO4. The van der Waals surface area contributed by atoms with E-state index in [1.807, 2.05) is 0 Å². The second-order valence-electron chi connectivity index (χ2n) is 3.85. The van der Waals surface area contributed by atoms with Gasteiger partial charge in [-0.2, -0.15) is 0 Å². The summed E-state index contributed by atoms with van der Waals surface area (Å²) in [5.74, 6) is -1.51. The van der Waals surface area contributed by atoms with Gasteiger partial charge in [-0.15, -0.1) is 0 Å². The number of hydrogen-bond acceptors (Lipinski definition) is 4. The fourth-order valence-electron chi connectivity index (χ4n) is 1.81. The van der Waals surface area contributed by atoms with E-state index in [9.17, 15) is 14.4 Å². The van der Waals surface area contributed by atoms with Gasteiger partial charge in [0.25, 0.3) is 11.7 Å². The molecular weight excluding hydrogens is 302 g/mol. The van der Waals surface area contributed by atoms with Gasteiger partial charge in [0.1, 0.15) is 6.61 Å². The van der Waals surface area contributed by atoms with Crippen LogP contribution in [-0.2, 0) is 14.3 Å². The van der Waals surface area contributed by atoms with Crippen molar-refractivity contribution in [3.63, 3.8) is 0 Å². The second kappa shape index (κ2) is 4.99. The highest BCUT2D eigenvalue weighted by atomic mass is 79.9. The van der Waals surface area contributed by atoms with Crippen molar-refractivity contribution in [2.24, 2.45) is 0 Å². The number of anilines is 1. The summed E-state index contributed by atoms with van der Waals surface area (Å²) < 4.78 is 5.45. The quantitative estimate of drug-likeness (QED) is 0.784. The van der Waals surface area contributed by atoms with Gasteiger partial charge in [-0.25, -0.2) is 0 Å². The number of methoxy groups -OCH3 is 1. The Bertz CT molecular complexity index is 541. The van der Waals surface area contributed by atoms with Gasteiger partial charge in [0, 0.05) is 11.6 Å². The fraction of sp³-hybridized carbons (Fsp3) is 0.250. The van der Waals surface area contributed by atoms with Gasteiger partial charge in [0.15, 0.2) is 5.78 Å². The largest absolute Gasteiger partial charge is 0.377 e. The summed E-state index contributed by atoms with van der Waals surface area (Å²) in [6.07, 6.45) is 0. The molecule has 2 rings (SSSR count). The number of halogens is 1. The minimum atomic E-state index is -0.674. The topological polar surface area (TPSA) is 63.7 Å². The molecule has 1 aromatic carbocycles. The van der Waals surface area contributed by atoms with E-state index in [2.05, 4.69) is 15.9 Å². The molecule has 1 aliphatic rings. The molecule has 0 aliphatic carbocycles. The van der Waals surface area contributed by atoms with Crippen LogP contribution in [0.25, 0.3) is 0 Å². The summed E-state index contributed by atoms with van der Waals surface area (Å²) in [5, 5.41) is 0. The van der Waals surface area contributed by atoms with Crippen molar-refractivity contribution in [2.45, 2.75) is 0 Å². The van der Waals surface area contributed by atoms with Crippen molar-refractivity contribution in [3.8, 4) is 0 Å². The van der Waals surface area contributed by atoms with E-state index < -0.39 is 11.7 Å². The van der Waals surface area contributed by atoms with Gasteiger partial charge < -0.3 is 4.74 Å². The van der Waals surface area contributed by atoms with E-state index >= 15 is 0 Å². The molecule has 0 N–H and O–H groups in total. The fourth-order valence-corrected chi connectivity index (χ4v) is 2.16. The van der Waals surface area contributed by atoms with Gasteiger partial charge >= 0.3 is 0 Å². The van der Waals surface area contributed by atoms with E-state index in [0.29, 0.717) is 11.3 Å². The third-order valence-electron chi connectivity index (χ3n) is 2.57. The molecule has 94 valence electrons. The first kappa shape index (κ1) is 12.9. The lowest BCUT2D eigenvalue weighted by Crippen LogP contribution is -2.35. The van der Waals surface area contributed by atoms with Crippen molar-refractivity contribution < 1.29 is 19.1 Å². The summed E-state index contributed by atoms with van der Waals surface area (Å²) in [5.41, 5.74) is 0.789. The van der Waals surface area contributed by atoms with E-state index in [-0.39, 0.29) is 18.9 Å². The smallest absolute Gasteiger partial charge is 0.299 e. The number of benzene rings is 1. The van der Waals surface area contributed by atoms with Crippen LogP contribution in [-0.4, -0.2) is 37.7 Å². The lowest BCUT2D eigenvalue weighted by atomic mass is 10.1. The van der Waals surface area contributed by atoms with Crippen molar-refractivity contribution >= 4 is 39.1 Å². The van der Waals surface area contributed by atoms with E-state index in [4.69, 9.17) is 4.74 Å². The Hall–Kier alpha value is -1.53. The number of rotatable bonds is 4. The first-order valence-electron chi connectivity index (χ1n) is 5.21. The zero-order valence-electron chi connectivity index (χ0n) is 9.60. The predicted molar refractivity (Wildman–Crippen MR) is 67.7 cm³/mol. The molecule has 18 heavy (non-hydrogen) atoms. The molecule has 0 fully saturated rings. The van der Waals surface area contributed by atoms with E-state index in [1.165, 1.54) is 12.0 Å². The third kappa shape index (κ3) is 2.21. The number of carbonyl (C=O) groups excluding carboxylic acids is 3. The first-order valence-corrected chi connectivity index (χ1v) is 6.00. The van der Waals surface area contributed by atoms with Crippen molar-refractivity contribution in [3.05, 3.63) is 28.2 Å². The van der Waals surface area contributed by atoms with Crippen LogP contribution in [0.5, 0.6) is 0 Å². The first-order chi connectivity index (χ1) is 8.54. The number of ether oxygens (including phenoxy) is 1. The maximum absolute atomic E-state index is 11.8. The second-order valence-corrected chi connectivity index (χ2v) is 4.77. The standard InChI is InChI=1S/C12H10BrNO4/c1-18-6-8(15)5-14-10-4-7(13)2-3-9(10)11(16)12(14)17/h2-4H,5-6H2,1H3. The molecule has 6 heteroatoms. The van der Waals surface area contributed by atoms with Crippen LogP contribution in [0.1, 0.15) is 10.4 Å². The molecule has 0 atom stereocenters. The van der Waals surface area contributed by atoms with Gasteiger partial charge in [-0.3, -0.25) is 19.3 Å². The number of fused-ring (bicyclic) bond motifs is 1. The molecule has 0 spiro atoms. The molecule has 5 nitrogen and oxygen atoms in total. The number of ketones is 2. The molecule has 0 bridgehead atoms. The van der Waals surface area contributed by atoms with Crippen LogP contribution in [0.15, 0.2) is 22.7 Å². The number of carbonyl (C=O) groups is 3. The Kier molecular flexibility index (Phi) is 3.58. The number of hydrogen-bond donors (Lipinski definition) is 0. The van der Waals surface area contributed by atoms with Crippen LogP contribution in [0.2, 0.25) is 0 Å². The number of nitrogens with zero attached hydrogens (tertiary/aromatic N) is 1. The molecule has 0 unspecified atom stereocenters. The maximum atomic E-state index is 11.8. The molecule has 0 radical (unpaired) electrons. The average Bonchev–Trinajstić information content (AvgIpc) is 2.55. The number of amides is 1. The summed E-state index contributed by atoms with van der Waals surface area (Å²) >= 11 is 3.27. The van der Waals surface area contributed by atoms with Crippen molar-refractivity contribution in [1.82, 2.24) is 0 Å². The maximum Gasteiger partial charge on any atom is 0.299 e. The Balaban J connectivity index is 2.33. The average molecular weight is 312 g/mol. The Morgan fingerprint density at radius 3 is 2.78 bits per heavy atom. The van der Waals surface area contributed by atoms with Crippen LogP contribution in [0.3, 0.4) is 0 Å². The summed E-state index contributed by atoms with van der Waals surface area (Å²) in [7, 11) is 1.40. The lowest BCUT2D eigenvalue weighted by molar-refractivity contribution is -0.123. The van der Waals surface area contributed by atoms with E-state index in [1.54, 1.807) is 18.2 Å². The molecule has 0 saturated heterocycles. The lowest BCUT2D eigenvalue weighted by Gasteiger charge is -2.15. The van der Waals surface area contributed by atoms with Crippen LogP contribution >= 0.6 is 15.9 Å². The minimum Gasteiger partial charge on any atom is -0.377 e. The SMILES string of the molecule is COCC(=O)CN1C(=O)C(=O)c2ccc(Br)cc21. The summed E-state index contributed by atoms with van der Waals surface area (Å²) in [4.78, 5) is 36.2. The van der Waals surface area contributed by atoms with E-state index in [0.717, 1.165) is 4.47 Å². The molecule has 1 heterocycles. The zero-order valence-corrected chi connectivity index (χ0v) is 11.2. The van der Waals surface area contributed by atoms with Crippen LogP contribution < -0.4 is 4.90 Å². The van der Waals surface area contributed by atoms with Crippen LogP contribution in [0.4, 0.5) is 5.69 Å². The van der Waals surface area contributed by atoms with Crippen molar-refractivity contribution in [2.75, 3.05) is 25.2 Å². The highest BCUT2D eigenvalue weighted by Crippen LogP contribution is 2.31. The highest BCUT2D eigenvalue weighted by molar-refractivity contribution is 9.10.